The maximum Gasteiger partial charge on any atom is 0.161 e. The van der Waals surface area contributed by atoms with Crippen molar-refractivity contribution < 1.29 is 18.7 Å². The molecule has 0 bridgehead atoms. The van der Waals surface area contributed by atoms with Crippen LogP contribution in [0.4, 0.5) is 4.39 Å². The summed E-state index contributed by atoms with van der Waals surface area (Å²) in [5.41, 5.74) is 1.46. The summed E-state index contributed by atoms with van der Waals surface area (Å²) in [6.07, 6.45) is 1.55. The molecule has 0 saturated carbocycles. The van der Waals surface area contributed by atoms with E-state index in [4.69, 9.17) is 25.9 Å². The highest BCUT2D eigenvalue weighted by molar-refractivity contribution is 6.31. The standard InChI is InChI=1S/C17H17ClFNO3/c1-3-22-16-7-4-12(8-17(16)21-2)10-20-23-11-13-5-6-14(19)9-15(13)18/h4-10H,3,11H2,1-2H3. The first-order valence-corrected chi connectivity index (χ1v) is 7.42. The van der Waals surface area contributed by atoms with E-state index in [1.54, 1.807) is 31.5 Å². The van der Waals surface area contributed by atoms with Crippen molar-refractivity contribution in [2.75, 3.05) is 13.7 Å². The Hall–Kier alpha value is -2.27. The van der Waals surface area contributed by atoms with Gasteiger partial charge in [-0.2, -0.15) is 0 Å². The SMILES string of the molecule is CCOc1ccc(C=NOCc2ccc(F)cc2Cl)cc1OC. The Morgan fingerprint density at radius 2 is 2.00 bits per heavy atom. The Bertz CT molecular complexity index is 692. The number of methoxy groups -OCH3 is 1. The van der Waals surface area contributed by atoms with Crippen LogP contribution < -0.4 is 9.47 Å². The van der Waals surface area contributed by atoms with Gasteiger partial charge in [-0.15, -0.1) is 0 Å². The van der Waals surface area contributed by atoms with E-state index in [0.717, 1.165) is 5.56 Å². The lowest BCUT2D eigenvalue weighted by Gasteiger charge is -2.09. The minimum absolute atomic E-state index is 0.157. The van der Waals surface area contributed by atoms with Gasteiger partial charge in [-0.25, -0.2) is 4.39 Å². The lowest BCUT2D eigenvalue weighted by molar-refractivity contribution is 0.132. The fraction of sp³-hybridized carbons (Fsp3) is 0.235. The third-order valence-electron chi connectivity index (χ3n) is 3.00. The van der Waals surface area contributed by atoms with Crippen molar-refractivity contribution in [3.63, 3.8) is 0 Å². The Morgan fingerprint density at radius 3 is 2.70 bits per heavy atom. The van der Waals surface area contributed by atoms with Crippen molar-refractivity contribution in [3.05, 3.63) is 58.4 Å². The Balaban J connectivity index is 1.97. The van der Waals surface area contributed by atoms with Gasteiger partial charge in [0.2, 0.25) is 0 Å². The predicted molar refractivity (Wildman–Crippen MR) is 88.0 cm³/mol. The molecule has 0 saturated heterocycles. The summed E-state index contributed by atoms with van der Waals surface area (Å²) in [6, 6.07) is 9.56. The van der Waals surface area contributed by atoms with E-state index in [1.165, 1.54) is 12.1 Å². The third kappa shape index (κ3) is 4.86. The molecular formula is C17H17ClFNO3. The Morgan fingerprint density at radius 1 is 1.17 bits per heavy atom. The maximum absolute atomic E-state index is 12.9. The fourth-order valence-corrected chi connectivity index (χ4v) is 2.10. The first-order chi connectivity index (χ1) is 11.1. The van der Waals surface area contributed by atoms with Crippen molar-refractivity contribution in [2.45, 2.75) is 13.5 Å². The van der Waals surface area contributed by atoms with Crippen LogP contribution in [0.15, 0.2) is 41.6 Å². The largest absolute Gasteiger partial charge is 0.493 e. The van der Waals surface area contributed by atoms with Gasteiger partial charge in [0.15, 0.2) is 11.5 Å². The van der Waals surface area contributed by atoms with Gasteiger partial charge in [0, 0.05) is 11.1 Å². The molecule has 2 aromatic carbocycles. The molecule has 0 fully saturated rings. The molecule has 0 aliphatic heterocycles. The zero-order valence-electron chi connectivity index (χ0n) is 12.9. The minimum Gasteiger partial charge on any atom is -0.493 e. The summed E-state index contributed by atoms with van der Waals surface area (Å²) in [4.78, 5) is 5.19. The van der Waals surface area contributed by atoms with Gasteiger partial charge in [0.25, 0.3) is 0 Å². The first-order valence-electron chi connectivity index (χ1n) is 7.04. The first kappa shape index (κ1) is 17.1. The third-order valence-corrected chi connectivity index (χ3v) is 3.35. The van der Waals surface area contributed by atoms with Crippen molar-refractivity contribution in [2.24, 2.45) is 5.16 Å². The van der Waals surface area contributed by atoms with Crippen molar-refractivity contribution in [1.29, 1.82) is 0 Å². The zero-order chi connectivity index (χ0) is 16.7. The number of nitrogens with zero attached hydrogens (tertiary/aromatic N) is 1. The summed E-state index contributed by atoms with van der Waals surface area (Å²) >= 11 is 5.91. The normalized spacial score (nSPS) is 10.8. The van der Waals surface area contributed by atoms with Crippen LogP contribution in [0.1, 0.15) is 18.1 Å². The van der Waals surface area contributed by atoms with E-state index in [9.17, 15) is 4.39 Å². The second-order valence-corrected chi connectivity index (χ2v) is 4.99. The monoisotopic (exact) mass is 337 g/mol. The number of benzene rings is 2. The molecule has 0 amide bonds. The van der Waals surface area contributed by atoms with Crippen molar-refractivity contribution in [1.82, 2.24) is 0 Å². The van der Waals surface area contributed by atoms with Crippen molar-refractivity contribution in [3.8, 4) is 11.5 Å². The predicted octanol–water partition coefficient (Wildman–Crippen LogP) is 4.44. The smallest absolute Gasteiger partial charge is 0.161 e. The summed E-state index contributed by atoms with van der Waals surface area (Å²) in [7, 11) is 1.58. The number of ether oxygens (including phenoxy) is 2. The number of rotatable bonds is 7. The molecule has 0 radical (unpaired) electrons. The molecule has 0 aliphatic carbocycles. The lowest BCUT2D eigenvalue weighted by Crippen LogP contribution is -1.96. The van der Waals surface area contributed by atoms with Gasteiger partial charge in [0.1, 0.15) is 12.4 Å². The quantitative estimate of drug-likeness (QED) is 0.554. The molecule has 0 aliphatic rings. The fourth-order valence-electron chi connectivity index (χ4n) is 1.88. The van der Waals surface area contributed by atoms with Crippen LogP contribution in [-0.2, 0) is 11.4 Å². The molecule has 0 unspecified atom stereocenters. The molecule has 2 rings (SSSR count). The van der Waals surface area contributed by atoms with Crippen LogP contribution in [0.2, 0.25) is 5.02 Å². The van der Waals surface area contributed by atoms with Gasteiger partial charge in [-0.3, -0.25) is 0 Å². The highest BCUT2D eigenvalue weighted by atomic mass is 35.5. The molecule has 0 atom stereocenters. The molecule has 0 heterocycles. The van der Waals surface area contributed by atoms with Crippen LogP contribution in [0.3, 0.4) is 0 Å². The van der Waals surface area contributed by atoms with Gasteiger partial charge >= 0.3 is 0 Å². The van der Waals surface area contributed by atoms with E-state index in [0.29, 0.717) is 28.7 Å². The van der Waals surface area contributed by atoms with Gasteiger partial charge < -0.3 is 14.3 Å². The summed E-state index contributed by atoms with van der Waals surface area (Å²) in [5, 5.41) is 4.19. The second-order valence-electron chi connectivity index (χ2n) is 4.59. The van der Waals surface area contributed by atoms with Gasteiger partial charge in [-0.1, -0.05) is 22.8 Å². The molecule has 0 spiro atoms. The van der Waals surface area contributed by atoms with E-state index in [1.807, 2.05) is 13.0 Å². The lowest BCUT2D eigenvalue weighted by atomic mass is 10.2. The average molecular weight is 338 g/mol. The van der Waals surface area contributed by atoms with Crippen LogP contribution in [0, 0.1) is 5.82 Å². The van der Waals surface area contributed by atoms with E-state index in [-0.39, 0.29) is 12.4 Å². The van der Waals surface area contributed by atoms with E-state index < -0.39 is 0 Å². The summed E-state index contributed by atoms with van der Waals surface area (Å²) in [5.74, 6) is 0.910. The van der Waals surface area contributed by atoms with Gasteiger partial charge in [-0.05, 0) is 37.3 Å². The molecular weight excluding hydrogens is 321 g/mol. The zero-order valence-corrected chi connectivity index (χ0v) is 13.6. The van der Waals surface area contributed by atoms with Crippen LogP contribution in [-0.4, -0.2) is 19.9 Å². The van der Waals surface area contributed by atoms with E-state index in [2.05, 4.69) is 5.16 Å². The van der Waals surface area contributed by atoms with Crippen molar-refractivity contribution >= 4 is 17.8 Å². The Kier molecular flexibility index (Phi) is 6.23. The molecule has 122 valence electrons. The summed E-state index contributed by atoms with van der Waals surface area (Å²) in [6.45, 7) is 2.62. The summed E-state index contributed by atoms with van der Waals surface area (Å²) < 4.78 is 23.6. The maximum atomic E-state index is 12.9. The minimum atomic E-state index is -0.385. The number of hydrogen-bond donors (Lipinski definition) is 0. The number of halogens is 2. The van der Waals surface area contributed by atoms with Crippen LogP contribution in [0.25, 0.3) is 0 Å². The van der Waals surface area contributed by atoms with E-state index >= 15 is 0 Å². The van der Waals surface area contributed by atoms with Gasteiger partial charge in [0.05, 0.1) is 25.0 Å². The molecule has 0 N–H and O–H groups in total. The average Bonchev–Trinajstić information content (AvgIpc) is 2.54. The van der Waals surface area contributed by atoms with Crippen LogP contribution >= 0.6 is 11.6 Å². The molecule has 0 aromatic heterocycles. The number of oxime groups is 1. The topological polar surface area (TPSA) is 40.0 Å². The molecule has 2 aromatic rings. The highest BCUT2D eigenvalue weighted by Gasteiger charge is 2.04. The Labute approximate surface area is 139 Å². The highest BCUT2D eigenvalue weighted by Crippen LogP contribution is 2.27. The molecule has 23 heavy (non-hydrogen) atoms. The molecule has 6 heteroatoms. The van der Waals surface area contributed by atoms with Crippen LogP contribution in [0.5, 0.6) is 11.5 Å². The number of hydrogen-bond acceptors (Lipinski definition) is 4. The second kappa shape index (κ2) is 8.39. The molecule has 4 nitrogen and oxygen atoms in total.